The third-order valence-electron chi connectivity index (χ3n) is 4.69. The summed E-state index contributed by atoms with van der Waals surface area (Å²) in [5.74, 6) is -0.0736. The molecule has 1 aliphatic heterocycles. The maximum absolute atomic E-state index is 12.8. The number of unbranched alkanes of at least 4 members (excludes halogenated alkanes) is 1. The standard InChI is InChI=1S/C16H30N2O3/c1-6-9-11-21-12-10-18-14(20)15(4,7-2)17-13(19)16(18,5)8-3/h6-12H2,1-5H3,(H,17,19). The Labute approximate surface area is 128 Å². The summed E-state index contributed by atoms with van der Waals surface area (Å²) >= 11 is 0. The Morgan fingerprint density at radius 1 is 1.10 bits per heavy atom. The van der Waals surface area contributed by atoms with Gasteiger partial charge in [0, 0.05) is 13.2 Å². The molecule has 5 heteroatoms. The molecule has 0 aromatic rings. The number of hydrogen-bond acceptors (Lipinski definition) is 3. The average Bonchev–Trinajstić information content (AvgIpc) is 2.48. The van der Waals surface area contributed by atoms with Crippen molar-refractivity contribution in [1.29, 1.82) is 0 Å². The summed E-state index contributed by atoms with van der Waals surface area (Å²) in [5.41, 5.74) is -1.57. The highest BCUT2D eigenvalue weighted by molar-refractivity contribution is 6.01. The SMILES string of the molecule is CCCCOCCN1C(=O)C(C)(CC)NC(=O)C1(C)CC. The van der Waals surface area contributed by atoms with Crippen LogP contribution in [0.1, 0.15) is 60.3 Å². The fourth-order valence-corrected chi connectivity index (χ4v) is 2.53. The summed E-state index contributed by atoms with van der Waals surface area (Å²) in [5, 5.41) is 2.90. The summed E-state index contributed by atoms with van der Waals surface area (Å²) in [6, 6.07) is 0. The van der Waals surface area contributed by atoms with Gasteiger partial charge in [-0.2, -0.15) is 0 Å². The van der Waals surface area contributed by atoms with E-state index in [2.05, 4.69) is 12.2 Å². The largest absolute Gasteiger partial charge is 0.380 e. The van der Waals surface area contributed by atoms with E-state index in [0.29, 0.717) is 32.6 Å². The molecule has 0 aliphatic carbocycles. The molecule has 2 amide bonds. The normalized spacial score (nSPS) is 29.7. The van der Waals surface area contributed by atoms with Crippen LogP contribution in [0.5, 0.6) is 0 Å². The maximum Gasteiger partial charge on any atom is 0.248 e. The quantitative estimate of drug-likeness (QED) is 0.698. The molecule has 1 rings (SSSR count). The molecule has 0 aromatic carbocycles. The van der Waals surface area contributed by atoms with Gasteiger partial charge in [-0.05, 0) is 33.1 Å². The van der Waals surface area contributed by atoms with Crippen molar-refractivity contribution < 1.29 is 14.3 Å². The Morgan fingerprint density at radius 2 is 1.76 bits per heavy atom. The molecule has 122 valence electrons. The Kier molecular flexibility index (Phi) is 6.20. The molecule has 1 fully saturated rings. The summed E-state index contributed by atoms with van der Waals surface area (Å²) in [7, 11) is 0. The highest BCUT2D eigenvalue weighted by Crippen LogP contribution is 2.30. The molecule has 1 saturated heterocycles. The summed E-state index contributed by atoms with van der Waals surface area (Å²) in [6.07, 6.45) is 3.29. The average molecular weight is 298 g/mol. The number of nitrogens with one attached hydrogen (secondary N) is 1. The minimum absolute atomic E-state index is 0.00644. The smallest absolute Gasteiger partial charge is 0.248 e. The van der Waals surface area contributed by atoms with Crippen LogP contribution in [0.25, 0.3) is 0 Å². The van der Waals surface area contributed by atoms with Crippen molar-refractivity contribution in [3.8, 4) is 0 Å². The molecule has 0 spiro atoms. The highest BCUT2D eigenvalue weighted by Gasteiger charge is 2.52. The molecular weight excluding hydrogens is 268 g/mol. The van der Waals surface area contributed by atoms with Crippen molar-refractivity contribution in [3.63, 3.8) is 0 Å². The summed E-state index contributed by atoms with van der Waals surface area (Å²) in [4.78, 5) is 27.0. The van der Waals surface area contributed by atoms with Crippen molar-refractivity contribution in [3.05, 3.63) is 0 Å². The first kappa shape index (κ1) is 18.0. The van der Waals surface area contributed by atoms with Gasteiger partial charge in [-0.1, -0.05) is 27.2 Å². The number of carbonyl (C=O) groups excluding carboxylic acids is 2. The zero-order valence-corrected chi connectivity index (χ0v) is 14.1. The molecule has 2 atom stereocenters. The van der Waals surface area contributed by atoms with Crippen molar-refractivity contribution in [2.24, 2.45) is 0 Å². The Balaban J connectivity index is 2.82. The molecular formula is C16H30N2O3. The molecule has 1 heterocycles. The Morgan fingerprint density at radius 3 is 2.29 bits per heavy atom. The fourth-order valence-electron chi connectivity index (χ4n) is 2.53. The number of hydrogen-bond donors (Lipinski definition) is 1. The number of carbonyl (C=O) groups is 2. The molecule has 0 aromatic heterocycles. The van der Waals surface area contributed by atoms with E-state index in [4.69, 9.17) is 4.74 Å². The van der Waals surface area contributed by atoms with Crippen LogP contribution in [0.4, 0.5) is 0 Å². The van der Waals surface area contributed by atoms with Gasteiger partial charge in [0.15, 0.2) is 0 Å². The first-order valence-corrected chi connectivity index (χ1v) is 8.08. The van der Waals surface area contributed by atoms with E-state index in [9.17, 15) is 9.59 Å². The molecule has 1 N–H and O–H groups in total. The minimum Gasteiger partial charge on any atom is -0.380 e. The van der Waals surface area contributed by atoms with Crippen LogP contribution < -0.4 is 5.32 Å². The van der Waals surface area contributed by atoms with Gasteiger partial charge in [0.05, 0.1) is 6.61 Å². The molecule has 5 nitrogen and oxygen atoms in total. The topological polar surface area (TPSA) is 58.6 Å². The van der Waals surface area contributed by atoms with E-state index in [1.807, 2.05) is 20.8 Å². The monoisotopic (exact) mass is 298 g/mol. The molecule has 1 aliphatic rings. The molecule has 2 unspecified atom stereocenters. The lowest BCUT2D eigenvalue weighted by Gasteiger charge is -2.49. The lowest BCUT2D eigenvalue weighted by Crippen LogP contribution is -2.74. The predicted octanol–water partition coefficient (Wildman–Crippen LogP) is 2.10. The van der Waals surface area contributed by atoms with Gasteiger partial charge in [0.2, 0.25) is 11.8 Å². The van der Waals surface area contributed by atoms with Crippen LogP contribution in [0.3, 0.4) is 0 Å². The number of rotatable bonds is 8. The molecule has 0 saturated carbocycles. The van der Waals surface area contributed by atoms with Crippen molar-refractivity contribution in [2.45, 2.75) is 71.4 Å². The predicted molar refractivity (Wildman–Crippen MR) is 83.0 cm³/mol. The second-order valence-electron chi connectivity index (χ2n) is 6.19. The van der Waals surface area contributed by atoms with Crippen molar-refractivity contribution in [1.82, 2.24) is 10.2 Å². The van der Waals surface area contributed by atoms with Crippen LogP contribution >= 0.6 is 0 Å². The first-order chi connectivity index (χ1) is 9.85. The second kappa shape index (κ2) is 7.25. The van der Waals surface area contributed by atoms with Crippen LogP contribution in [-0.4, -0.2) is 47.6 Å². The van der Waals surface area contributed by atoms with E-state index in [1.54, 1.807) is 11.8 Å². The summed E-state index contributed by atoms with van der Waals surface area (Å²) in [6.45, 7) is 11.3. The molecule has 0 bridgehead atoms. The Hall–Kier alpha value is -1.10. The first-order valence-electron chi connectivity index (χ1n) is 8.08. The lowest BCUT2D eigenvalue weighted by molar-refractivity contribution is -0.163. The maximum atomic E-state index is 12.8. The second-order valence-corrected chi connectivity index (χ2v) is 6.19. The van der Waals surface area contributed by atoms with E-state index in [-0.39, 0.29) is 11.8 Å². The van der Waals surface area contributed by atoms with Crippen molar-refractivity contribution >= 4 is 11.8 Å². The number of piperazine rings is 1. The van der Waals surface area contributed by atoms with E-state index in [1.165, 1.54) is 0 Å². The molecule has 0 radical (unpaired) electrons. The van der Waals surface area contributed by atoms with E-state index >= 15 is 0 Å². The van der Waals surface area contributed by atoms with Crippen LogP contribution in [-0.2, 0) is 14.3 Å². The van der Waals surface area contributed by atoms with Gasteiger partial charge in [0.1, 0.15) is 11.1 Å². The zero-order valence-electron chi connectivity index (χ0n) is 14.1. The van der Waals surface area contributed by atoms with Crippen LogP contribution in [0.15, 0.2) is 0 Å². The third-order valence-corrected chi connectivity index (χ3v) is 4.69. The van der Waals surface area contributed by atoms with Gasteiger partial charge in [-0.25, -0.2) is 0 Å². The lowest BCUT2D eigenvalue weighted by atomic mass is 9.84. The fraction of sp³-hybridized carbons (Fsp3) is 0.875. The van der Waals surface area contributed by atoms with Gasteiger partial charge >= 0.3 is 0 Å². The van der Waals surface area contributed by atoms with Gasteiger partial charge in [-0.3, -0.25) is 9.59 Å². The number of amides is 2. The van der Waals surface area contributed by atoms with Crippen LogP contribution in [0, 0.1) is 0 Å². The molecule has 21 heavy (non-hydrogen) atoms. The third kappa shape index (κ3) is 3.57. The van der Waals surface area contributed by atoms with E-state index in [0.717, 1.165) is 12.8 Å². The highest BCUT2D eigenvalue weighted by atomic mass is 16.5. The Bertz CT molecular complexity index is 386. The minimum atomic E-state index is -0.796. The zero-order chi connectivity index (χ0) is 16.1. The van der Waals surface area contributed by atoms with E-state index < -0.39 is 11.1 Å². The van der Waals surface area contributed by atoms with Crippen molar-refractivity contribution in [2.75, 3.05) is 19.8 Å². The van der Waals surface area contributed by atoms with Gasteiger partial charge < -0.3 is 15.0 Å². The van der Waals surface area contributed by atoms with Gasteiger partial charge in [0.25, 0.3) is 0 Å². The number of nitrogens with zero attached hydrogens (tertiary/aromatic N) is 1. The summed E-state index contributed by atoms with van der Waals surface area (Å²) < 4.78 is 5.57. The van der Waals surface area contributed by atoms with Crippen LogP contribution in [0.2, 0.25) is 0 Å². The number of ether oxygens (including phenoxy) is 1. The van der Waals surface area contributed by atoms with Gasteiger partial charge in [-0.15, -0.1) is 0 Å².